The van der Waals surface area contributed by atoms with Gasteiger partial charge in [0.05, 0.1) is 5.97 Å². The standard InChI is InChI=1S/C21H26FNO2/c1-14(2)23-11-5-6-18-13-17(8-10-20(18)23)16(4)19(22)9-7-15(3)12-21(24)25/h7-10,12-14H,5-6,11H2,1-4H3,(H,24,25)/p-1/b9-7+,15-12+,19-16+. The van der Waals surface area contributed by atoms with Crippen molar-refractivity contribution in [2.75, 3.05) is 11.4 Å². The van der Waals surface area contributed by atoms with Crippen molar-refractivity contribution in [2.24, 2.45) is 0 Å². The fraction of sp³-hybridized carbons (Fsp3) is 0.381. The number of hydrogen-bond acceptors (Lipinski definition) is 3. The van der Waals surface area contributed by atoms with E-state index >= 15 is 0 Å². The Kier molecular flexibility index (Phi) is 6.18. The highest BCUT2D eigenvalue weighted by Crippen LogP contribution is 2.32. The van der Waals surface area contributed by atoms with E-state index in [0.717, 1.165) is 31.0 Å². The molecule has 0 saturated carbocycles. The number of nitrogens with zero attached hydrogens (tertiary/aromatic N) is 1. The summed E-state index contributed by atoms with van der Waals surface area (Å²) in [6, 6.07) is 6.54. The molecule has 0 bridgehead atoms. The molecular weight excluding hydrogens is 317 g/mol. The molecule has 1 aromatic rings. The monoisotopic (exact) mass is 342 g/mol. The fourth-order valence-corrected chi connectivity index (χ4v) is 3.10. The van der Waals surface area contributed by atoms with E-state index in [9.17, 15) is 14.3 Å². The Hall–Kier alpha value is -2.36. The summed E-state index contributed by atoms with van der Waals surface area (Å²) in [5, 5.41) is 10.5. The molecule has 1 heterocycles. The molecule has 0 N–H and O–H groups in total. The van der Waals surface area contributed by atoms with E-state index in [2.05, 4.69) is 30.9 Å². The maximum absolute atomic E-state index is 14.4. The van der Waals surface area contributed by atoms with Gasteiger partial charge in [0.1, 0.15) is 5.83 Å². The van der Waals surface area contributed by atoms with Crippen LogP contribution >= 0.6 is 0 Å². The van der Waals surface area contributed by atoms with Gasteiger partial charge >= 0.3 is 0 Å². The van der Waals surface area contributed by atoms with Crippen molar-refractivity contribution in [1.29, 1.82) is 0 Å². The van der Waals surface area contributed by atoms with Crippen molar-refractivity contribution >= 4 is 17.2 Å². The van der Waals surface area contributed by atoms with Gasteiger partial charge in [-0.05, 0) is 87.1 Å². The largest absolute Gasteiger partial charge is 0.545 e. The highest BCUT2D eigenvalue weighted by molar-refractivity contribution is 5.79. The molecule has 4 heteroatoms. The van der Waals surface area contributed by atoms with Crippen LogP contribution in [0.25, 0.3) is 5.57 Å². The number of carboxylic acid groups (broad SMARTS) is 1. The summed E-state index contributed by atoms with van der Waals surface area (Å²) in [5.74, 6) is -1.66. The van der Waals surface area contributed by atoms with Gasteiger partial charge in [0.2, 0.25) is 0 Å². The highest BCUT2D eigenvalue weighted by Gasteiger charge is 2.19. The van der Waals surface area contributed by atoms with Gasteiger partial charge in [0.25, 0.3) is 0 Å². The number of halogens is 1. The molecule has 0 fully saturated rings. The van der Waals surface area contributed by atoms with Gasteiger partial charge in [-0.15, -0.1) is 0 Å². The number of fused-ring (bicyclic) bond motifs is 1. The van der Waals surface area contributed by atoms with Crippen LogP contribution in [0.2, 0.25) is 0 Å². The number of allylic oxidation sites excluding steroid dienone is 5. The number of hydrogen-bond donors (Lipinski definition) is 0. The van der Waals surface area contributed by atoms with Crippen molar-refractivity contribution in [1.82, 2.24) is 0 Å². The lowest BCUT2D eigenvalue weighted by atomic mass is 9.95. The number of aryl methyl sites for hydroxylation is 1. The predicted octanol–water partition coefficient (Wildman–Crippen LogP) is 3.80. The SMILES string of the molecule is CC(/C=C/C(F)=C(/C)c1ccc2c(c1)CCCN2C(C)C)=C\C(=O)[O-]. The second-order valence-electron chi connectivity index (χ2n) is 6.75. The number of rotatable bonds is 5. The molecular formula is C21H25FNO2-. The molecule has 3 nitrogen and oxygen atoms in total. The predicted molar refractivity (Wildman–Crippen MR) is 98.9 cm³/mol. The van der Waals surface area contributed by atoms with Gasteiger partial charge < -0.3 is 14.8 Å². The lowest BCUT2D eigenvalue weighted by molar-refractivity contribution is -0.297. The van der Waals surface area contributed by atoms with Crippen LogP contribution in [0, 0.1) is 0 Å². The molecule has 0 radical (unpaired) electrons. The molecule has 1 aliphatic heterocycles. The van der Waals surface area contributed by atoms with E-state index in [1.165, 1.54) is 23.4 Å². The topological polar surface area (TPSA) is 43.4 Å². The van der Waals surface area contributed by atoms with E-state index in [4.69, 9.17) is 0 Å². The van der Waals surface area contributed by atoms with Crippen molar-refractivity contribution < 1.29 is 14.3 Å². The third-order valence-corrected chi connectivity index (χ3v) is 4.49. The average Bonchev–Trinajstić information content (AvgIpc) is 2.57. The van der Waals surface area contributed by atoms with Crippen LogP contribution in [0.4, 0.5) is 10.1 Å². The van der Waals surface area contributed by atoms with E-state index < -0.39 is 5.97 Å². The second-order valence-corrected chi connectivity index (χ2v) is 6.75. The quantitative estimate of drug-likeness (QED) is 0.604. The van der Waals surface area contributed by atoms with Gasteiger partial charge in [-0.25, -0.2) is 4.39 Å². The summed E-state index contributed by atoms with van der Waals surface area (Å²) in [4.78, 5) is 12.9. The Morgan fingerprint density at radius 2 is 2.00 bits per heavy atom. The van der Waals surface area contributed by atoms with Crippen molar-refractivity contribution in [3.05, 3.63) is 59.0 Å². The Morgan fingerprint density at radius 1 is 1.28 bits per heavy atom. The lowest BCUT2D eigenvalue weighted by Gasteiger charge is -2.35. The first kappa shape index (κ1) is 19.0. The normalized spacial score (nSPS) is 16.2. The van der Waals surface area contributed by atoms with E-state index in [1.54, 1.807) is 13.8 Å². The molecule has 0 spiro atoms. The van der Waals surface area contributed by atoms with Gasteiger partial charge in [0, 0.05) is 18.3 Å². The Bertz CT molecular complexity index is 744. The molecule has 0 atom stereocenters. The van der Waals surface area contributed by atoms with Gasteiger partial charge in [0.15, 0.2) is 0 Å². The van der Waals surface area contributed by atoms with Gasteiger partial charge in [-0.1, -0.05) is 12.1 Å². The summed E-state index contributed by atoms with van der Waals surface area (Å²) in [6.07, 6.45) is 5.79. The number of aliphatic carboxylic acids is 1. The summed E-state index contributed by atoms with van der Waals surface area (Å²) in [5.41, 5.74) is 4.32. The number of carbonyl (C=O) groups is 1. The number of benzene rings is 1. The summed E-state index contributed by atoms with van der Waals surface area (Å²) in [6.45, 7) is 8.75. The van der Waals surface area contributed by atoms with E-state index in [1.807, 2.05) is 6.07 Å². The minimum atomic E-state index is -1.28. The Morgan fingerprint density at radius 3 is 2.64 bits per heavy atom. The zero-order chi connectivity index (χ0) is 18.6. The molecule has 25 heavy (non-hydrogen) atoms. The lowest BCUT2D eigenvalue weighted by Crippen LogP contribution is -2.35. The molecule has 0 aliphatic carbocycles. The maximum atomic E-state index is 14.4. The molecule has 2 rings (SSSR count). The third kappa shape index (κ3) is 4.81. The minimum absolute atomic E-state index is 0.373. The zero-order valence-electron chi connectivity index (χ0n) is 15.3. The smallest absolute Gasteiger partial charge is 0.126 e. The van der Waals surface area contributed by atoms with Crippen LogP contribution in [0.5, 0.6) is 0 Å². The summed E-state index contributed by atoms with van der Waals surface area (Å²) >= 11 is 0. The molecule has 134 valence electrons. The van der Waals surface area contributed by atoms with Crippen LogP contribution in [0.15, 0.2) is 47.8 Å². The average molecular weight is 342 g/mol. The van der Waals surface area contributed by atoms with Crippen molar-refractivity contribution in [3.63, 3.8) is 0 Å². The zero-order valence-corrected chi connectivity index (χ0v) is 15.3. The van der Waals surface area contributed by atoms with Crippen LogP contribution in [-0.2, 0) is 11.2 Å². The van der Waals surface area contributed by atoms with Gasteiger partial charge in [-0.3, -0.25) is 0 Å². The second kappa shape index (κ2) is 8.15. The Balaban J connectivity index is 2.29. The molecule has 1 aliphatic rings. The highest BCUT2D eigenvalue weighted by atomic mass is 19.1. The first-order valence-electron chi connectivity index (χ1n) is 8.63. The molecule has 0 saturated heterocycles. The number of carboxylic acids is 1. The van der Waals surface area contributed by atoms with Crippen LogP contribution in [0.1, 0.15) is 45.2 Å². The first-order valence-corrected chi connectivity index (χ1v) is 8.63. The van der Waals surface area contributed by atoms with Crippen molar-refractivity contribution in [3.8, 4) is 0 Å². The fourth-order valence-electron chi connectivity index (χ4n) is 3.10. The number of anilines is 1. The summed E-state index contributed by atoms with van der Waals surface area (Å²) < 4.78 is 14.4. The molecule has 0 amide bonds. The van der Waals surface area contributed by atoms with Gasteiger partial charge in [-0.2, -0.15) is 0 Å². The molecule has 0 unspecified atom stereocenters. The Labute approximate surface area is 149 Å². The molecule has 0 aromatic heterocycles. The first-order chi connectivity index (χ1) is 11.8. The van der Waals surface area contributed by atoms with Crippen LogP contribution in [-0.4, -0.2) is 18.6 Å². The van der Waals surface area contributed by atoms with E-state index in [0.29, 0.717) is 17.2 Å². The molecule has 1 aromatic carbocycles. The van der Waals surface area contributed by atoms with Crippen molar-refractivity contribution in [2.45, 2.75) is 46.6 Å². The maximum Gasteiger partial charge on any atom is 0.126 e. The van der Waals surface area contributed by atoms with Crippen LogP contribution in [0.3, 0.4) is 0 Å². The summed E-state index contributed by atoms with van der Waals surface area (Å²) in [7, 11) is 0. The number of carbonyl (C=O) groups excluding carboxylic acids is 1. The van der Waals surface area contributed by atoms with E-state index in [-0.39, 0.29) is 5.83 Å². The minimum Gasteiger partial charge on any atom is -0.545 e. The van der Waals surface area contributed by atoms with Crippen LogP contribution < -0.4 is 10.0 Å². The third-order valence-electron chi connectivity index (χ3n) is 4.49.